The highest BCUT2D eigenvalue weighted by Crippen LogP contribution is 2.25. The maximum Gasteiger partial charge on any atom is 0.466 e. The van der Waals surface area contributed by atoms with Gasteiger partial charge in [0, 0.05) is 0 Å². The zero-order valence-electron chi connectivity index (χ0n) is 3.50. The Kier molecular flexibility index (Phi) is 9.34. The minimum absolute atomic E-state index is 1.14. The second-order valence-electron chi connectivity index (χ2n) is 0.595. The Bertz CT molecular complexity index is 67.1. The van der Waals surface area contributed by atoms with Gasteiger partial charge in [-0.05, 0) is 9.83 Å². The van der Waals surface area contributed by atoms with Gasteiger partial charge in [0.15, 0.2) is 0 Å². The molecule has 0 atom stereocenters. The number of hydrogen-bond acceptors (Lipinski definition) is 4. The first-order chi connectivity index (χ1) is 3.41. The van der Waals surface area contributed by atoms with E-state index in [1.807, 2.05) is 0 Å². The van der Waals surface area contributed by atoms with Crippen LogP contribution in [0, 0.1) is 0 Å². The van der Waals surface area contributed by atoms with Crippen LogP contribution in [0.2, 0.25) is 0 Å². The van der Waals surface area contributed by atoms with Crippen LogP contribution in [-0.4, -0.2) is 14.7 Å². The Morgan fingerprint density at radius 2 is 1.25 bits per heavy atom. The zero-order valence-corrected chi connectivity index (χ0v) is 7.00. The summed E-state index contributed by atoms with van der Waals surface area (Å²) < 4.78 is 8.88. The largest absolute Gasteiger partial charge is 0.466 e. The van der Waals surface area contributed by atoms with Crippen molar-refractivity contribution in [3.05, 3.63) is 0 Å². The van der Waals surface area contributed by atoms with E-state index in [4.69, 9.17) is 19.2 Å². The van der Waals surface area contributed by atoms with Crippen molar-refractivity contribution in [2.24, 2.45) is 0 Å². The van der Waals surface area contributed by atoms with Gasteiger partial charge in [-0.2, -0.15) is 0 Å². The van der Waals surface area contributed by atoms with Gasteiger partial charge in [0.1, 0.15) is 0 Å². The molecule has 8 heteroatoms. The SMILES string of the molecule is O=P(O)(O)O.SSS. The molecule has 0 unspecified atom stereocenters. The fraction of sp³-hybridized carbons (Fsp3) is 0. The number of phosphoric acid groups is 1. The first-order valence-electron chi connectivity index (χ1n) is 1.15. The average Bonchev–Trinajstić information content (AvgIpc) is 1.27. The summed E-state index contributed by atoms with van der Waals surface area (Å²) in [5.74, 6) is 0. The highest BCUT2D eigenvalue weighted by atomic mass is 33.5. The Labute approximate surface area is 60.5 Å². The van der Waals surface area contributed by atoms with Gasteiger partial charge in [0.05, 0.1) is 0 Å². The molecule has 0 heterocycles. The van der Waals surface area contributed by atoms with E-state index in [9.17, 15) is 0 Å². The van der Waals surface area contributed by atoms with Crippen LogP contribution >= 0.6 is 41.0 Å². The van der Waals surface area contributed by atoms with E-state index in [1.165, 1.54) is 0 Å². The van der Waals surface area contributed by atoms with E-state index in [0.29, 0.717) is 0 Å². The third kappa shape index (κ3) is 202. The van der Waals surface area contributed by atoms with Gasteiger partial charge in [0.25, 0.3) is 0 Å². The highest BCUT2D eigenvalue weighted by Gasteiger charge is 2.00. The lowest BCUT2D eigenvalue weighted by molar-refractivity contribution is 0.275. The van der Waals surface area contributed by atoms with Gasteiger partial charge in [-0.3, -0.25) is 0 Å². The molecule has 52 valence electrons. The summed E-state index contributed by atoms with van der Waals surface area (Å²) in [5, 5.41) is 0. The van der Waals surface area contributed by atoms with Crippen LogP contribution in [0.25, 0.3) is 0 Å². The van der Waals surface area contributed by atoms with E-state index in [0.717, 1.165) is 9.83 Å². The van der Waals surface area contributed by atoms with Crippen molar-refractivity contribution >= 4 is 41.0 Å². The standard InChI is InChI=1S/H3O4P.H2S3/c1-5(2,3)4;1-3-2/h(H3,1,2,3,4);1-2H. The first kappa shape index (κ1) is 11.9. The van der Waals surface area contributed by atoms with Crippen molar-refractivity contribution in [2.75, 3.05) is 0 Å². The lowest BCUT2D eigenvalue weighted by Gasteiger charge is -1.82. The molecule has 0 aromatic rings. The van der Waals surface area contributed by atoms with Crippen molar-refractivity contribution in [1.29, 1.82) is 0 Å². The molecule has 0 aliphatic rings. The minimum Gasteiger partial charge on any atom is -0.303 e. The van der Waals surface area contributed by atoms with Gasteiger partial charge in [-0.15, -0.1) is 0 Å². The second-order valence-corrected chi connectivity index (χ2v) is 3.74. The van der Waals surface area contributed by atoms with Crippen molar-refractivity contribution in [1.82, 2.24) is 0 Å². The van der Waals surface area contributed by atoms with Crippen LogP contribution in [0.3, 0.4) is 0 Å². The highest BCUT2D eigenvalue weighted by molar-refractivity contribution is 9.01. The molecule has 0 fully saturated rings. The molecule has 0 aliphatic carbocycles. The Balaban J connectivity index is 0. The smallest absolute Gasteiger partial charge is 0.303 e. The van der Waals surface area contributed by atoms with Gasteiger partial charge >= 0.3 is 7.82 Å². The maximum atomic E-state index is 8.88. The van der Waals surface area contributed by atoms with Crippen LogP contribution in [0.15, 0.2) is 0 Å². The molecule has 0 saturated heterocycles. The predicted octanol–water partition coefficient (Wildman–Crippen LogP) is 0.481. The molecule has 0 aromatic heterocycles. The van der Waals surface area contributed by atoms with Crippen LogP contribution in [-0.2, 0) is 4.57 Å². The molecule has 0 aromatic carbocycles. The van der Waals surface area contributed by atoms with Gasteiger partial charge in [-0.25, -0.2) is 4.57 Å². The van der Waals surface area contributed by atoms with Crippen molar-refractivity contribution in [3.8, 4) is 0 Å². The number of rotatable bonds is 0. The molecule has 0 spiro atoms. The molecule has 0 rings (SSSR count). The predicted molar refractivity (Wildman–Crippen MR) is 39.8 cm³/mol. The van der Waals surface area contributed by atoms with Crippen LogP contribution in [0.5, 0.6) is 0 Å². The molecule has 0 saturated carbocycles. The molecule has 0 amide bonds. The summed E-state index contributed by atoms with van der Waals surface area (Å²) in [6.45, 7) is 0. The third-order valence-corrected chi connectivity index (χ3v) is 0. The fourth-order valence-corrected chi connectivity index (χ4v) is 0. The normalized spacial score (nSPS) is 9.62. The summed E-state index contributed by atoms with van der Waals surface area (Å²) >= 11 is 7.14. The van der Waals surface area contributed by atoms with Crippen molar-refractivity contribution in [2.45, 2.75) is 0 Å². The molecule has 3 N–H and O–H groups in total. The van der Waals surface area contributed by atoms with Crippen molar-refractivity contribution in [3.63, 3.8) is 0 Å². The summed E-state index contributed by atoms with van der Waals surface area (Å²) in [4.78, 5) is 21.6. The first-order valence-corrected chi connectivity index (χ1v) is 5.63. The zero-order chi connectivity index (χ0) is 7.21. The lowest BCUT2D eigenvalue weighted by Crippen LogP contribution is -1.66. The molecule has 4 nitrogen and oxygen atoms in total. The molecule has 0 bridgehead atoms. The lowest BCUT2D eigenvalue weighted by atomic mass is 15.8. The quantitative estimate of drug-likeness (QED) is 0.221. The van der Waals surface area contributed by atoms with E-state index in [-0.39, 0.29) is 0 Å². The Hall–Kier alpha value is 1.16. The van der Waals surface area contributed by atoms with Crippen LogP contribution in [0.1, 0.15) is 0 Å². The van der Waals surface area contributed by atoms with E-state index in [1.54, 1.807) is 0 Å². The summed E-state index contributed by atoms with van der Waals surface area (Å²) in [7, 11) is -3.50. The van der Waals surface area contributed by atoms with Crippen LogP contribution in [0.4, 0.5) is 0 Å². The average molecular weight is 196 g/mol. The molecule has 0 aliphatic heterocycles. The number of hydrogen-bond donors (Lipinski definition) is 5. The maximum absolute atomic E-state index is 8.88. The van der Waals surface area contributed by atoms with Gasteiger partial charge in [-0.1, -0.05) is 23.3 Å². The van der Waals surface area contributed by atoms with E-state index in [2.05, 4.69) is 23.3 Å². The number of thiol groups is 2. The summed E-state index contributed by atoms with van der Waals surface area (Å²) in [6.07, 6.45) is 0. The fourth-order valence-electron chi connectivity index (χ4n) is 0. The molecule has 0 radical (unpaired) electrons. The monoisotopic (exact) mass is 196 g/mol. The van der Waals surface area contributed by atoms with Crippen LogP contribution < -0.4 is 0 Å². The Morgan fingerprint density at radius 1 is 1.25 bits per heavy atom. The van der Waals surface area contributed by atoms with Gasteiger partial charge < -0.3 is 14.7 Å². The third-order valence-electron chi connectivity index (χ3n) is 0. The Morgan fingerprint density at radius 3 is 1.25 bits per heavy atom. The molecular formula is H5O4PS3. The van der Waals surface area contributed by atoms with E-state index >= 15 is 0 Å². The second kappa shape index (κ2) is 6.28. The molecular weight excluding hydrogens is 191 g/mol. The minimum atomic E-state index is -4.64. The summed E-state index contributed by atoms with van der Waals surface area (Å²) in [6, 6.07) is 0. The van der Waals surface area contributed by atoms with Crippen molar-refractivity contribution < 1.29 is 19.2 Å². The van der Waals surface area contributed by atoms with E-state index < -0.39 is 7.82 Å². The van der Waals surface area contributed by atoms with Gasteiger partial charge in [0.2, 0.25) is 0 Å². The summed E-state index contributed by atoms with van der Waals surface area (Å²) in [5.41, 5.74) is 0. The topological polar surface area (TPSA) is 77.8 Å². The molecule has 8 heavy (non-hydrogen) atoms.